The number of carbonyl (C=O) groups excluding carboxylic acids is 3. The highest BCUT2D eigenvalue weighted by Gasteiger charge is 2.52. The van der Waals surface area contributed by atoms with Gasteiger partial charge in [0.25, 0.3) is 0 Å². The van der Waals surface area contributed by atoms with Gasteiger partial charge in [-0.3, -0.25) is 19.3 Å². The molecule has 47 heavy (non-hydrogen) atoms. The number of halogens is 3. The number of hydrogen-bond donors (Lipinski definition) is 0. The molecule has 0 N–H and O–H groups in total. The third-order valence-electron chi connectivity index (χ3n) is 10.9. The summed E-state index contributed by atoms with van der Waals surface area (Å²) in [5.74, 6) is -3.49. The average molecular weight is 678 g/mol. The quantitative estimate of drug-likeness (QED) is 0.421. The van der Waals surface area contributed by atoms with Gasteiger partial charge in [0.1, 0.15) is 6.04 Å². The third-order valence-corrected chi connectivity index (χ3v) is 11.1. The Balaban J connectivity index is 1.49. The van der Waals surface area contributed by atoms with Crippen molar-refractivity contribution >= 4 is 29.3 Å². The van der Waals surface area contributed by atoms with Crippen molar-refractivity contribution in [1.82, 2.24) is 24.5 Å². The molecule has 5 rings (SSSR count). The number of alkyl halides is 2. The summed E-state index contributed by atoms with van der Waals surface area (Å²) in [4.78, 5) is 53.3. The summed E-state index contributed by atoms with van der Waals surface area (Å²) in [6.45, 7) is 16.1. The van der Waals surface area contributed by atoms with Gasteiger partial charge in [0, 0.05) is 86.6 Å². The highest BCUT2D eigenvalue weighted by molar-refractivity contribution is 6.30. The van der Waals surface area contributed by atoms with E-state index in [1.54, 1.807) is 9.80 Å². The van der Waals surface area contributed by atoms with Crippen LogP contribution in [0, 0.1) is 11.3 Å². The second-order valence-electron chi connectivity index (χ2n) is 16.4. The van der Waals surface area contributed by atoms with Crippen LogP contribution in [-0.4, -0.2) is 125 Å². The Morgan fingerprint density at radius 3 is 2.00 bits per heavy atom. The fourth-order valence-electron chi connectivity index (χ4n) is 7.91. The van der Waals surface area contributed by atoms with Gasteiger partial charge in [-0.25, -0.2) is 8.78 Å². The zero-order valence-electron chi connectivity index (χ0n) is 29.3. The Bertz CT molecular complexity index is 1290. The lowest BCUT2D eigenvalue weighted by Crippen LogP contribution is -2.54. The summed E-state index contributed by atoms with van der Waals surface area (Å²) in [6.07, 6.45) is 0.194. The smallest absolute Gasteiger partial charge is 0.248 e. The Kier molecular flexibility index (Phi) is 10.4. The number of rotatable bonds is 5. The first-order valence-corrected chi connectivity index (χ1v) is 17.7. The molecule has 0 aromatic heterocycles. The molecule has 0 spiro atoms. The molecule has 262 valence electrons. The van der Waals surface area contributed by atoms with Crippen LogP contribution in [0.25, 0.3) is 0 Å². The number of piperazine rings is 1. The van der Waals surface area contributed by atoms with Crippen molar-refractivity contribution in [2.24, 2.45) is 11.3 Å². The molecule has 1 aromatic rings. The van der Waals surface area contributed by atoms with Crippen LogP contribution in [-0.2, 0) is 14.4 Å². The van der Waals surface area contributed by atoms with E-state index < -0.39 is 29.3 Å². The van der Waals surface area contributed by atoms with E-state index in [1.807, 2.05) is 57.0 Å². The van der Waals surface area contributed by atoms with Gasteiger partial charge in [-0.2, -0.15) is 0 Å². The minimum absolute atomic E-state index is 0.0787. The van der Waals surface area contributed by atoms with E-state index in [2.05, 4.69) is 30.6 Å². The zero-order valence-corrected chi connectivity index (χ0v) is 30.0. The average Bonchev–Trinajstić information content (AvgIpc) is 3.64. The Morgan fingerprint density at radius 1 is 0.851 bits per heavy atom. The SMILES string of the molecule is CN1CCN(C(=O)[C@@H]2C[C@H](N(C(=O)C(C)(C)C)C3CCC(F)(F)CC3)CN2C(=O)[C@@H]2CN(C(C)(C)C)C[C@H]2c2ccc(Cl)cc2)CC1. The van der Waals surface area contributed by atoms with Gasteiger partial charge in [0.15, 0.2) is 0 Å². The normalized spacial score (nSPS) is 28.1. The van der Waals surface area contributed by atoms with Crippen molar-refractivity contribution in [3.05, 3.63) is 34.9 Å². The molecule has 1 aromatic carbocycles. The van der Waals surface area contributed by atoms with Gasteiger partial charge in [0.05, 0.1) is 12.0 Å². The van der Waals surface area contributed by atoms with Gasteiger partial charge >= 0.3 is 0 Å². The molecule has 3 heterocycles. The molecule has 3 saturated heterocycles. The van der Waals surface area contributed by atoms with Crippen LogP contribution >= 0.6 is 11.6 Å². The monoisotopic (exact) mass is 677 g/mol. The van der Waals surface area contributed by atoms with Crippen molar-refractivity contribution in [3.8, 4) is 0 Å². The molecule has 4 aliphatic rings. The summed E-state index contributed by atoms with van der Waals surface area (Å²) in [7, 11) is 2.03. The van der Waals surface area contributed by atoms with Crippen LogP contribution in [0.1, 0.15) is 85.1 Å². The molecule has 0 radical (unpaired) electrons. The Morgan fingerprint density at radius 2 is 1.45 bits per heavy atom. The molecule has 4 atom stereocenters. The number of hydrogen-bond acceptors (Lipinski definition) is 5. The number of amides is 3. The summed E-state index contributed by atoms with van der Waals surface area (Å²) in [5.41, 5.74) is 0.124. The molecule has 1 saturated carbocycles. The maximum atomic E-state index is 14.9. The van der Waals surface area contributed by atoms with Crippen LogP contribution in [0.5, 0.6) is 0 Å². The molecule has 8 nitrogen and oxygen atoms in total. The van der Waals surface area contributed by atoms with E-state index in [-0.39, 0.29) is 67.4 Å². The maximum absolute atomic E-state index is 14.9. The van der Waals surface area contributed by atoms with Crippen molar-refractivity contribution in [1.29, 1.82) is 0 Å². The largest absolute Gasteiger partial charge is 0.338 e. The summed E-state index contributed by atoms with van der Waals surface area (Å²) < 4.78 is 28.6. The first kappa shape index (κ1) is 36.0. The lowest BCUT2D eigenvalue weighted by atomic mass is 9.86. The fourth-order valence-corrected chi connectivity index (χ4v) is 8.04. The van der Waals surface area contributed by atoms with Gasteiger partial charge in [-0.05, 0) is 64.8 Å². The second kappa shape index (κ2) is 13.5. The molecule has 1 aliphatic carbocycles. The van der Waals surface area contributed by atoms with Gasteiger partial charge in [0.2, 0.25) is 23.6 Å². The first-order chi connectivity index (χ1) is 21.9. The van der Waals surface area contributed by atoms with E-state index in [0.29, 0.717) is 37.6 Å². The van der Waals surface area contributed by atoms with E-state index in [4.69, 9.17) is 11.6 Å². The van der Waals surface area contributed by atoms with Crippen molar-refractivity contribution < 1.29 is 23.2 Å². The topological polar surface area (TPSA) is 67.4 Å². The summed E-state index contributed by atoms with van der Waals surface area (Å²) in [6, 6.07) is 6.18. The summed E-state index contributed by atoms with van der Waals surface area (Å²) in [5, 5.41) is 0.631. The predicted molar refractivity (Wildman–Crippen MR) is 180 cm³/mol. The third kappa shape index (κ3) is 7.96. The number of benzene rings is 1. The van der Waals surface area contributed by atoms with Crippen LogP contribution < -0.4 is 0 Å². The van der Waals surface area contributed by atoms with E-state index >= 15 is 0 Å². The minimum atomic E-state index is -2.73. The van der Waals surface area contributed by atoms with Crippen molar-refractivity contribution in [2.45, 2.75) is 109 Å². The summed E-state index contributed by atoms with van der Waals surface area (Å²) >= 11 is 6.24. The molecule has 11 heteroatoms. The van der Waals surface area contributed by atoms with Crippen LogP contribution in [0.3, 0.4) is 0 Å². The predicted octanol–water partition coefficient (Wildman–Crippen LogP) is 5.35. The Labute approximate surface area is 284 Å². The molecular weight excluding hydrogens is 624 g/mol. The second-order valence-corrected chi connectivity index (χ2v) is 16.9. The molecule has 0 bridgehead atoms. The molecule has 3 aliphatic heterocycles. The van der Waals surface area contributed by atoms with Crippen molar-refractivity contribution in [2.75, 3.05) is 52.9 Å². The van der Waals surface area contributed by atoms with Crippen molar-refractivity contribution in [3.63, 3.8) is 0 Å². The van der Waals surface area contributed by atoms with Crippen LogP contribution in [0.2, 0.25) is 5.02 Å². The first-order valence-electron chi connectivity index (χ1n) is 17.3. The van der Waals surface area contributed by atoms with Gasteiger partial charge < -0.3 is 19.6 Å². The van der Waals surface area contributed by atoms with E-state index in [1.165, 1.54) is 0 Å². The maximum Gasteiger partial charge on any atom is 0.248 e. The lowest BCUT2D eigenvalue weighted by molar-refractivity contribution is -0.149. The number of likely N-dealkylation sites (N-methyl/N-ethyl adjacent to an activating group) is 1. The highest BCUT2D eigenvalue weighted by atomic mass is 35.5. The lowest BCUT2D eigenvalue weighted by Gasteiger charge is -2.43. The minimum Gasteiger partial charge on any atom is -0.338 e. The highest BCUT2D eigenvalue weighted by Crippen LogP contribution is 2.42. The molecule has 0 unspecified atom stereocenters. The van der Waals surface area contributed by atoms with Gasteiger partial charge in [-0.15, -0.1) is 0 Å². The molecule has 4 fully saturated rings. The number of likely N-dealkylation sites (tertiary alicyclic amines) is 2. The fraction of sp³-hybridized carbons (Fsp3) is 0.750. The number of nitrogens with zero attached hydrogens (tertiary/aromatic N) is 5. The zero-order chi connectivity index (χ0) is 34.5. The van der Waals surface area contributed by atoms with E-state index in [9.17, 15) is 23.2 Å². The van der Waals surface area contributed by atoms with Crippen LogP contribution in [0.15, 0.2) is 24.3 Å². The van der Waals surface area contributed by atoms with Gasteiger partial charge in [-0.1, -0.05) is 44.5 Å². The van der Waals surface area contributed by atoms with E-state index in [0.717, 1.165) is 18.7 Å². The standard InChI is InChI=1S/C36H54ClF2N5O3/c1-34(2,3)33(47)44(26-12-14-36(38,39)15-13-26)27-20-30(32(46)41-18-16-40(7)17-19-41)43(21-27)31(45)29-23-42(35(4,5)6)22-28(29)24-8-10-25(37)11-9-24/h8-11,26-30H,12-23H2,1-7H3/t27-,28-,29+,30-/m0/s1. The molecular formula is C36H54ClF2N5O3. The molecule has 3 amide bonds. The Hall–Kier alpha value is -2.30. The van der Waals surface area contributed by atoms with Crippen LogP contribution in [0.4, 0.5) is 8.78 Å². The number of carbonyl (C=O) groups is 3.